The molecule has 1 N–H and O–H groups in total. The number of carbonyl (C=O) groups is 1. The van der Waals surface area contributed by atoms with E-state index < -0.39 is 0 Å². The minimum absolute atomic E-state index is 0.0482. The van der Waals surface area contributed by atoms with Gasteiger partial charge in [-0.2, -0.15) is 0 Å². The predicted octanol–water partition coefficient (Wildman–Crippen LogP) is 7.13. The second-order valence-electron chi connectivity index (χ2n) is 13.8. The lowest BCUT2D eigenvalue weighted by Crippen LogP contribution is -2.53. The molecule has 2 aliphatic carbocycles. The first kappa shape index (κ1) is 30.5. The van der Waals surface area contributed by atoms with Gasteiger partial charge in [0.05, 0.1) is 17.6 Å². The molecule has 1 saturated heterocycles. The van der Waals surface area contributed by atoms with Crippen molar-refractivity contribution in [1.82, 2.24) is 22.8 Å². The minimum Gasteiger partial charge on any atom is -0.497 e. The highest BCUT2D eigenvalue weighted by molar-refractivity contribution is 7.98. The van der Waals surface area contributed by atoms with E-state index in [-0.39, 0.29) is 10.7 Å². The first-order valence-electron chi connectivity index (χ1n) is 16.3. The van der Waals surface area contributed by atoms with Crippen LogP contribution in [0.15, 0.2) is 36.4 Å². The van der Waals surface area contributed by atoms with E-state index in [0.29, 0.717) is 23.9 Å². The van der Waals surface area contributed by atoms with Gasteiger partial charge in [-0.3, -0.25) is 14.4 Å². The Morgan fingerprint density at radius 2 is 1.80 bits per heavy atom. The van der Waals surface area contributed by atoms with Gasteiger partial charge >= 0.3 is 0 Å². The van der Waals surface area contributed by atoms with Gasteiger partial charge in [0.2, 0.25) is 0 Å². The SMILES string of the molecule is COc1ccc2c(c1)C1CC1(SN1C[C@@H](C)N(C)[C@@H](C)C1)Cn1c-2c(C2CCCCC2)c2ccc(C(=O)NSN(C)C)cc21. The number of rotatable bonds is 7. The average Bonchev–Trinajstić information content (AvgIpc) is 3.65. The highest BCUT2D eigenvalue weighted by atomic mass is 32.2. The molecule has 2 unspecified atom stereocenters. The van der Waals surface area contributed by atoms with E-state index >= 15 is 0 Å². The van der Waals surface area contributed by atoms with Crippen LogP contribution < -0.4 is 9.46 Å². The first-order chi connectivity index (χ1) is 21.2. The molecule has 0 bridgehead atoms. The zero-order valence-corrected chi connectivity index (χ0v) is 28.7. The van der Waals surface area contributed by atoms with Crippen LogP contribution in [0.4, 0.5) is 0 Å². The summed E-state index contributed by atoms with van der Waals surface area (Å²) in [5.74, 6) is 1.91. The number of fused-ring (bicyclic) bond motifs is 7. The summed E-state index contributed by atoms with van der Waals surface area (Å²) in [5.41, 5.74) is 7.61. The predicted molar refractivity (Wildman–Crippen MR) is 184 cm³/mol. The van der Waals surface area contributed by atoms with Gasteiger partial charge in [-0.25, -0.2) is 8.61 Å². The van der Waals surface area contributed by atoms with E-state index in [1.54, 1.807) is 7.11 Å². The largest absolute Gasteiger partial charge is 0.497 e. The molecule has 7 nitrogen and oxygen atoms in total. The van der Waals surface area contributed by atoms with Crippen LogP contribution in [0, 0.1) is 0 Å². The van der Waals surface area contributed by atoms with Gasteiger partial charge in [-0.15, -0.1) is 0 Å². The average molecular weight is 634 g/mol. The number of methoxy groups -OCH3 is 1. The second kappa shape index (κ2) is 11.9. The number of hydrogen-bond donors (Lipinski definition) is 1. The summed E-state index contributed by atoms with van der Waals surface area (Å²) in [6, 6.07) is 14.3. The van der Waals surface area contributed by atoms with E-state index in [1.807, 2.05) is 24.5 Å². The van der Waals surface area contributed by atoms with Gasteiger partial charge in [0.1, 0.15) is 5.75 Å². The highest BCUT2D eigenvalue weighted by Crippen LogP contribution is 2.66. The molecule has 2 saturated carbocycles. The van der Waals surface area contributed by atoms with Crippen LogP contribution in [0.1, 0.15) is 85.7 Å². The van der Waals surface area contributed by atoms with Crippen molar-refractivity contribution < 1.29 is 9.53 Å². The molecule has 3 heterocycles. The van der Waals surface area contributed by atoms with Crippen molar-refractivity contribution in [2.24, 2.45) is 0 Å². The quantitative estimate of drug-likeness (QED) is 0.278. The molecule has 2 aromatic carbocycles. The second-order valence-corrected chi connectivity index (χ2v) is 16.5. The van der Waals surface area contributed by atoms with Gasteiger partial charge < -0.3 is 9.30 Å². The van der Waals surface area contributed by atoms with Crippen molar-refractivity contribution in [2.75, 3.05) is 41.3 Å². The molecule has 236 valence electrons. The summed E-state index contributed by atoms with van der Waals surface area (Å²) in [6.07, 6.45) is 7.53. The topological polar surface area (TPSA) is 53.0 Å². The van der Waals surface area contributed by atoms with Gasteiger partial charge in [0.15, 0.2) is 0 Å². The van der Waals surface area contributed by atoms with E-state index in [2.05, 4.69) is 81.7 Å². The van der Waals surface area contributed by atoms with Crippen molar-refractivity contribution in [3.05, 3.63) is 53.1 Å². The fourth-order valence-electron chi connectivity index (χ4n) is 8.08. The van der Waals surface area contributed by atoms with Crippen molar-refractivity contribution in [3.63, 3.8) is 0 Å². The van der Waals surface area contributed by atoms with Crippen LogP contribution in [0.3, 0.4) is 0 Å². The van der Waals surface area contributed by atoms with E-state index in [1.165, 1.54) is 77.5 Å². The number of amides is 1. The third-order valence-corrected chi connectivity index (χ3v) is 12.8. The van der Waals surface area contributed by atoms with Gasteiger partial charge in [-0.1, -0.05) is 37.3 Å². The van der Waals surface area contributed by atoms with Crippen molar-refractivity contribution >= 4 is 40.9 Å². The zero-order valence-electron chi connectivity index (χ0n) is 27.1. The van der Waals surface area contributed by atoms with Crippen LogP contribution in [0.2, 0.25) is 0 Å². The molecule has 0 radical (unpaired) electrons. The Kier molecular flexibility index (Phi) is 8.23. The number of aromatic nitrogens is 1. The molecule has 7 rings (SSSR count). The third-order valence-electron chi connectivity index (χ3n) is 10.7. The van der Waals surface area contributed by atoms with Crippen LogP contribution in [0.25, 0.3) is 22.2 Å². The van der Waals surface area contributed by atoms with Crippen LogP contribution in [-0.4, -0.2) is 82.2 Å². The number of nitrogens with one attached hydrogen (secondary N) is 1. The van der Waals surface area contributed by atoms with Gasteiger partial charge in [0.25, 0.3) is 5.91 Å². The fraction of sp³-hybridized carbons (Fsp3) is 0.571. The Morgan fingerprint density at radius 1 is 1.05 bits per heavy atom. The lowest BCUT2D eigenvalue weighted by atomic mass is 9.81. The lowest BCUT2D eigenvalue weighted by molar-refractivity contribution is 0.0983. The van der Waals surface area contributed by atoms with Crippen LogP contribution in [0.5, 0.6) is 5.75 Å². The third kappa shape index (κ3) is 5.36. The monoisotopic (exact) mass is 633 g/mol. The smallest absolute Gasteiger partial charge is 0.262 e. The molecular formula is C35H47N5O2S2. The molecule has 0 spiro atoms. The summed E-state index contributed by atoms with van der Waals surface area (Å²) >= 11 is 3.44. The lowest BCUT2D eigenvalue weighted by Gasteiger charge is -2.43. The Balaban J connectivity index is 1.39. The maximum Gasteiger partial charge on any atom is 0.262 e. The molecule has 1 aromatic heterocycles. The zero-order chi connectivity index (χ0) is 30.7. The van der Waals surface area contributed by atoms with E-state index in [4.69, 9.17) is 4.74 Å². The molecule has 4 aliphatic rings. The minimum atomic E-state index is -0.0482. The molecule has 1 amide bonds. The molecule has 2 aliphatic heterocycles. The fourth-order valence-corrected chi connectivity index (χ4v) is 10.2. The summed E-state index contributed by atoms with van der Waals surface area (Å²) in [4.78, 5) is 15.8. The Hall–Kier alpha value is -2.17. The van der Waals surface area contributed by atoms with E-state index in [0.717, 1.165) is 37.4 Å². The number of piperazine rings is 1. The first-order valence-corrected chi connectivity index (χ1v) is 17.9. The number of hydrogen-bond acceptors (Lipinski definition) is 7. The normalized spacial score (nSPS) is 27.5. The highest BCUT2D eigenvalue weighted by Gasteiger charge is 2.60. The van der Waals surface area contributed by atoms with Gasteiger partial charge in [-0.05, 0) is 102 Å². The van der Waals surface area contributed by atoms with Gasteiger partial charge in [0, 0.05) is 71.8 Å². The Bertz CT molecular complexity index is 1550. The molecule has 9 heteroatoms. The van der Waals surface area contributed by atoms with Crippen molar-refractivity contribution in [1.29, 1.82) is 0 Å². The summed E-state index contributed by atoms with van der Waals surface area (Å²) in [5, 5.41) is 1.33. The Morgan fingerprint density at radius 3 is 2.50 bits per heavy atom. The number of ether oxygens (including phenoxy) is 1. The maximum atomic E-state index is 13.3. The van der Waals surface area contributed by atoms with Crippen molar-refractivity contribution in [2.45, 2.75) is 87.6 Å². The molecule has 44 heavy (non-hydrogen) atoms. The summed E-state index contributed by atoms with van der Waals surface area (Å²) < 4.78 is 16.1. The number of carbonyl (C=O) groups excluding carboxylic acids is 1. The van der Waals surface area contributed by atoms with Crippen LogP contribution in [-0.2, 0) is 6.54 Å². The maximum absolute atomic E-state index is 13.3. The number of benzene rings is 2. The molecule has 3 aromatic rings. The number of likely N-dealkylation sites (N-methyl/N-ethyl adjacent to an activating group) is 1. The van der Waals surface area contributed by atoms with E-state index in [9.17, 15) is 4.79 Å². The molecular weight excluding hydrogens is 587 g/mol. The summed E-state index contributed by atoms with van der Waals surface area (Å²) in [7, 11) is 7.93. The Labute approximate surface area is 271 Å². The standard InChI is InChI=1S/C35H47N5O2S2/c1-22-19-39(20-23(2)38(22)5)43-35-18-30(35)29-17-26(42-6)13-15-27(29)33-32(24-10-8-7-9-11-24)28-14-12-25(16-31(28)40(33)21-35)34(41)36-44-37(3)4/h12-17,22-24,30H,7-11,18-21H2,1-6H3,(H,36,41)/t22-,23+,30?,35?. The molecule has 3 fully saturated rings. The number of nitrogens with zero attached hydrogens (tertiary/aromatic N) is 4. The van der Waals surface area contributed by atoms with Crippen molar-refractivity contribution in [3.8, 4) is 17.0 Å². The summed E-state index contributed by atoms with van der Waals surface area (Å²) in [6.45, 7) is 7.81. The molecule has 4 atom stereocenters. The van der Waals surface area contributed by atoms with Crippen LogP contribution >= 0.6 is 24.1 Å².